The van der Waals surface area contributed by atoms with Crippen molar-refractivity contribution >= 4 is 22.9 Å². The van der Waals surface area contributed by atoms with Crippen molar-refractivity contribution in [2.75, 3.05) is 14.2 Å². The maximum Gasteiger partial charge on any atom is 0.336 e. The molecule has 0 spiro atoms. The molecule has 0 fully saturated rings. The summed E-state index contributed by atoms with van der Waals surface area (Å²) in [6.07, 6.45) is 0. The normalized spacial score (nSPS) is 16.4. The summed E-state index contributed by atoms with van der Waals surface area (Å²) in [6, 6.07) is 5.93. The zero-order chi connectivity index (χ0) is 21.7. The summed E-state index contributed by atoms with van der Waals surface area (Å²) in [5, 5.41) is 20.4. The van der Waals surface area contributed by atoms with Crippen LogP contribution in [0.3, 0.4) is 0 Å². The summed E-state index contributed by atoms with van der Waals surface area (Å²) in [4.78, 5) is 38.4. The lowest BCUT2D eigenvalue weighted by molar-refractivity contribution is -0.134. The predicted molar refractivity (Wildman–Crippen MR) is 105 cm³/mol. The van der Waals surface area contributed by atoms with Gasteiger partial charge in [-0.25, -0.2) is 14.4 Å². The Labute approximate surface area is 166 Å². The number of aliphatic carboxylic acids is 2. The second kappa shape index (κ2) is 6.80. The Morgan fingerprint density at radius 1 is 1.07 bits per heavy atom. The van der Waals surface area contributed by atoms with Crippen LogP contribution in [0.4, 0.5) is 0 Å². The van der Waals surface area contributed by atoms with Crippen molar-refractivity contribution in [3.63, 3.8) is 0 Å². The SMILES string of the molecule is COc1ccc2c(C3(C)C(C(=O)O)=C(C)N(C)C(C)=C3C(=O)O)cc(=O)oc2c1. The lowest BCUT2D eigenvalue weighted by Gasteiger charge is -2.41. The number of hydrogen-bond donors (Lipinski definition) is 2. The average Bonchev–Trinajstić information content (AvgIpc) is 2.64. The van der Waals surface area contributed by atoms with Crippen LogP contribution in [0.2, 0.25) is 0 Å². The minimum Gasteiger partial charge on any atom is -0.497 e. The summed E-state index contributed by atoms with van der Waals surface area (Å²) in [7, 11) is 3.07. The number of nitrogens with zero attached hydrogens (tertiary/aromatic N) is 1. The average molecular weight is 399 g/mol. The first-order valence-electron chi connectivity index (χ1n) is 8.79. The topological polar surface area (TPSA) is 117 Å². The van der Waals surface area contributed by atoms with E-state index in [1.54, 1.807) is 33.0 Å². The maximum atomic E-state index is 12.3. The second-order valence-electron chi connectivity index (χ2n) is 7.06. The first kappa shape index (κ1) is 20.2. The van der Waals surface area contributed by atoms with Crippen LogP contribution in [0.1, 0.15) is 26.3 Å². The predicted octanol–water partition coefficient (Wildman–Crippen LogP) is 2.72. The molecule has 1 aromatic carbocycles. The van der Waals surface area contributed by atoms with Crippen molar-refractivity contribution in [1.82, 2.24) is 4.90 Å². The van der Waals surface area contributed by atoms with Crippen molar-refractivity contribution in [1.29, 1.82) is 0 Å². The molecule has 152 valence electrons. The Kier molecular flexibility index (Phi) is 4.74. The smallest absolute Gasteiger partial charge is 0.336 e. The molecule has 0 atom stereocenters. The lowest BCUT2D eigenvalue weighted by Crippen LogP contribution is -2.43. The molecule has 0 saturated heterocycles. The van der Waals surface area contributed by atoms with E-state index in [2.05, 4.69) is 0 Å². The molecule has 1 aliphatic heterocycles. The second-order valence-corrected chi connectivity index (χ2v) is 7.06. The number of methoxy groups -OCH3 is 1. The third-order valence-corrected chi connectivity index (χ3v) is 5.65. The van der Waals surface area contributed by atoms with E-state index in [9.17, 15) is 24.6 Å². The molecule has 0 bridgehead atoms. The van der Waals surface area contributed by atoms with Gasteiger partial charge in [-0.2, -0.15) is 0 Å². The number of carboxylic acids is 2. The molecule has 0 radical (unpaired) electrons. The van der Waals surface area contributed by atoms with Crippen LogP contribution in [0.25, 0.3) is 11.0 Å². The van der Waals surface area contributed by atoms with Crippen LogP contribution in [-0.2, 0) is 15.0 Å². The Morgan fingerprint density at radius 3 is 2.10 bits per heavy atom. The molecule has 0 amide bonds. The Hall–Kier alpha value is -3.55. The molecule has 2 heterocycles. The minimum atomic E-state index is -1.60. The van der Waals surface area contributed by atoms with Gasteiger partial charge in [0.05, 0.1) is 23.7 Å². The van der Waals surface area contributed by atoms with E-state index < -0.39 is 23.0 Å². The van der Waals surface area contributed by atoms with Gasteiger partial charge in [0.2, 0.25) is 0 Å². The van der Waals surface area contributed by atoms with E-state index in [4.69, 9.17) is 9.15 Å². The highest BCUT2D eigenvalue weighted by molar-refractivity contribution is 6.02. The van der Waals surface area contributed by atoms with Crippen LogP contribution in [-0.4, -0.2) is 41.2 Å². The Morgan fingerprint density at radius 2 is 1.62 bits per heavy atom. The van der Waals surface area contributed by atoms with Crippen LogP contribution in [0.15, 0.2) is 56.0 Å². The Balaban J connectivity index is 2.53. The van der Waals surface area contributed by atoms with Crippen molar-refractivity contribution in [2.24, 2.45) is 0 Å². The van der Waals surface area contributed by atoms with Gasteiger partial charge in [0.1, 0.15) is 11.3 Å². The van der Waals surface area contributed by atoms with Gasteiger partial charge in [0, 0.05) is 36.0 Å². The third kappa shape index (κ3) is 2.88. The van der Waals surface area contributed by atoms with Crippen LogP contribution < -0.4 is 10.4 Å². The van der Waals surface area contributed by atoms with E-state index >= 15 is 0 Å². The van der Waals surface area contributed by atoms with Crippen LogP contribution >= 0.6 is 0 Å². The summed E-state index contributed by atoms with van der Waals surface area (Å²) in [5.74, 6) is -2.09. The highest BCUT2D eigenvalue weighted by Crippen LogP contribution is 2.48. The van der Waals surface area contributed by atoms with Crippen molar-refractivity contribution < 1.29 is 29.0 Å². The van der Waals surface area contributed by atoms with Crippen LogP contribution in [0, 0.1) is 0 Å². The number of hydrogen-bond acceptors (Lipinski definition) is 6. The molecule has 2 aromatic rings. The highest BCUT2D eigenvalue weighted by Gasteiger charge is 2.49. The van der Waals surface area contributed by atoms with Gasteiger partial charge < -0.3 is 24.3 Å². The zero-order valence-electron chi connectivity index (χ0n) is 16.7. The number of ether oxygens (including phenoxy) is 1. The Bertz CT molecular complexity index is 1130. The molecular formula is C21H21NO7. The van der Waals surface area contributed by atoms with Gasteiger partial charge in [0.15, 0.2) is 0 Å². The summed E-state index contributed by atoms with van der Waals surface area (Å²) in [5.41, 5.74) is -1.36. The van der Waals surface area contributed by atoms with E-state index in [0.717, 1.165) is 6.07 Å². The molecule has 29 heavy (non-hydrogen) atoms. The van der Waals surface area contributed by atoms with E-state index in [0.29, 0.717) is 22.5 Å². The quantitative estimate of drug-likeness (QED) is 0.754. The molecule has 1 aliphatic rings. The molecule has 0 unspecified atom stereocenters. The maximum absolute atomic E-state index is 12.3. The number of carboxylic acid groups (broad SMARTS) is 2. The molecule has 0 saturated carbocycles. The molecule has 2 N–H and O–H groups in total. The fourth-order valence-corrected chi connectivity index (χ4v) is 4.13. The van der Waals surface area contributed by atoms with Gasteiger partial charge in [-0.3, -0.25) is 0 Å². The van der Waals surface area contributed by atoms with Crippen LogP contribution in [0.5, 0.6) is 5.75 Å². The van der Waals surface area contributed by atoms with Gasteiger partial charge in [-0.1, -0.05) is 0 Å². The van der Waals surface area contributed by atoms with Crippen molar-refractivity contribution in [2.45, 2.75) is 26.2 Å². The largest absolute Gasteiger partial charge is 0.497 e. The fraction of sp³-hybridized carbons (Fsp3) is 0.286. The number of fused-ring (bicyclic) bond motifs is 1. The van der Waals surface area contributed by atoms with Gasteiger partial charge >= 0.3 is 17.6 Å². The molecule has 0 aliphatic carbocycles. The molecule has 8 nitrogen and oxygen atoms in total. The summed E-state index contributed by atoms with van der Waals surface area (Å²) >= 11 is 0. The molecular weight excluding hydrogens is 378 g/mol. The number of carbonyl (C=O) groups is 2. The number of benzene rings is 1. The monoisotopic (exact) mass is 399 g/mol. The first-order valence-corrected chi connectivity index (χ1v) is 8.79. The number of allylic oxidation sites excluding steroid dienone is 2. The fourth-order valence-electron chi connectivity index (χ4n) is 4.13. The summed E-state index contributed by atoms with van der Waals surface area (Å²) in [6.45, 7) is 4.74. The van der Waals surface area contributed by atoms with Gasteiger partial charge in [0.25, 0.3) is 0 Å². The van der Waals surface area contributed by atoms with E-state index in [-0.39, 0.29) is 22.3 Å². The zero-order valence-corrected chi connectivity index (χ0v) is 16.7. The lowest BCUT2D eigenvalue weighted by atomic mass is 9.66. The summed E-state index contributed by atoms with van der Waals surface area (Å²) < 4.78 is 10.4. The third-order valence-electron chi connectivity index (χ3n) is 5.65. The minimum absolute atomic E-state index is 0.120. The highest BCUT2D eigenvalue weighted by atomic mass is 16.5. The van der Waals surface area contributed by atoms with Gasteiger partial charge in [-0.05, 0) is 38.5 Å². The molecule has 8 heteroatoms. The van der Waals surface area contributed by atoms with Gasteiger partial charge in [-0.15, -0.1) is 0 Å². The van der Waals surface area contributed by atoms with E-state index in [1.165, 1.54) is 25.0 Å². The number of rotatable bonds is 4. The standard InChI is InChI=1S/C21H21NO7/c1-10-17(19(24)25)21(3,18(20(26)27)11(2)22(10)4)14-9-16(23)29-15-8-12(28-5)6-7-13(14)15/h6-9H,1-5H3,(H,24,25)(H,26,27). The van der Waals surface area contributed by atoms with Crippen molar-refractivity contribution in [3.8, 4) is 5.75 Å². The van der Waals surface area contributed by atoms with Crippen molar-refractivity contribution in [3.05, 3.63) is 62.8 Å². The first-order chi connectivity index (χ1) is 13.5. The molecule has 3 rings (SSSR count). The molecule has 1 aromatic heterocycles. The van der Waals surface area contributed by atoms with E-state index in [1.807, 2.05) is 0 Å².